The molecule has 0 aromatic carbocycles. The smallest absolute Gasteiger partial charge is 0.275 e. The highest BCUT2D eigenvalue weighted by Crippen LogP contribution is 2.12. The Morgan fingerprint density at radius 2 is 2.15 bits per heavy atom. The average Bonchev–Trinajstić information content (AvgIpc) is 2.87. The van der Waals surface area contributed by atoms with Crippen molar-refractivity contribution in [2.45, 2.75) is 40.2 Å². The maximum Gasteiger partial charge on any atom is 0.275 e. The summed E-state index contributed by atoms with van der Waals surface area (Å²) in [6.45, 7) is 7.79. The molecular weight excluding hydrogens is 254 g/mol. The lowest BCUT2D eigenvalue weighted by atomic mass is 10.3. The molecule has 0 atom stereocenters. The third-order valence-electron chi connectivity index (χ3n) is 2.89. The molecule has 0 radical (unpaired) electrons. The minimum absolute atomic E-state index is 0.129. The monoisotopic (exact) mass is 273 g/mol. The van der Waals surface area contributed by atoms with Gasteiger partial charge in [-0.2, -0.15) is 5.10 Å². The Bertz CT molecular complexity index is 618. The molecule has 2 aromatic rings. The van der Waals surface area contributed by atoms with E-state index in [0.717, 1.165) is 12.1 Å². The standard InChI is InChI=1S/C14H19N5O/c1-5-11-8-13(17-10(4)16-11)18-14(20)12-6-7-15-19(12)9(2)3/h6-9H,5H2,1-4H3,(H,16,17,18,20). The Kier molecular flexibility index (Phi) is 4.12. The fourth-order valence-corrected chi connectivity index (χ4v) is 1.96. The number of aryl methyl sites for hydroxylation is 2. The number of carbonyl (C=O) groups excluding carboxylic acids is 1. The second-order valence-electron chi connectivity index (χ2n) is 4.85. The molecule has 0 bridgehead atoms. The lowest BCUT2D eigenvalue weighted by Crippen LogP contribution is -2.20. The minimum atomic E-state index is -0.212. The predicted molar refractivity (Wildman–Crippen MR) is 76.7 cm³/mol. The van der Waals surface area contributed by atoms with E-state index in [1.807, 2.05) is 27.7 Å². The Hall–Kier alpha value is -2.24. The molecule has 0 saturated heterocycles. The summed E-state index contributed by atoms with van der Waals surface area (Å²) in [5.74, 6) is 0.962. The van der Waals surface area contributed by atoms with Gasteiger partial charge in [0.25, 0.3) is 5.91 Å². The zero-order valence-corrected chi connectivity index (χ0v) is 12.2. The van der Waals surface area contributed by atoms with Crippen LogP contribution in [0.2, 0.25) is 0 Å². The van der Waals surface area contributed by atoms with E-state index >= 15 is 0 Å². The quantitative estimate of drug-likeness (QED) is 0.928. The van der Waals surface area contributed by atoms with E-state index in [4.69, 9.17) is 0 Å². The molecule has 0 fully saturated rings. The van der Waals surface area contributed by atoms with Gasteiger partial charge in [0, 0.05) is 24.0 Å². The van der Waals surface area contributed by atoms with Crippen molar-refractivity contribution in [3.8, 4) is 0 Å². The number of anilines is 1. The van der Waals surface area contributed by atoms with Crippen LogP contribution < -0.4 is 5.32 Å². The second kappa shape index (κ2) is 5.81. The first-order valence-corrected chi connectivity index (χ1v) is 6.70. The lowest BCUT2D eigenvalue weighted by molar-refractivity contribution is 0.101. The van der Waals surface area contributed by atoms with E-state index in [2.05, 4.69) is 20.4 Å². The van der Waals surface area contributed by atoms with Gasteiger partial charge in [0.05, 0.1) is 0 Å². The maximum absolute atomic E-state index is 12.3. The minimum Gasteiger partial charge on any atom is -0.305 e. The zero-order valence-electron chi connectivity index (χ0n) is 12.2. The molecule has 0 aliphatic carbocycles. The van der Waals surface area contributed by atoms with Gasteiger partial charge in [0.1, 0.15) is 17.3 Å². The fourth-order valence-electron chi connectivity index (χ4n) is 1.96. The summed E-state index contributed by atoms with van der Waals surface area (Å²) in [4.78, 5) is 20.8. The Morgan fingerprint density at radius 1 is 1.40 bits per heavy atom. The van der Waals surface area contributed by atoms with Crippen LogP contribution in [0.5, 0.6) is 0 Å². The molecule has 0 unspecified atom stereocenters. The fraction of sp³-hybridized carbons (Fsp3) is 0.429. The van der Waals surface area contributed by atoms with Crippen LogP contribution in [0.3, 0.4) is 0 Å². The first-order chi connectivity index (χ1) is 9.51. The van der Waals surface area contributed by atoms with Crippen molar-refractivity contribution in [2.24, 2.45) is 0 Å². The number of aromatic nitrogens is 4. The Balaban J connectivity index is 2.23. The van der Waals surface area contributed by atoms with Crippen molar-refractivity contribution >= 4 is 11.7 Å². The van der Waals surface area contributed by atoms with E-state index in [1.165, 1.54) is 0 Å². The second-order valence-corrected chi connectivity index (χ2v) is 4.85. The highest BCUT2D eigenvalue weighted by molar-refractivity contribution is 6.02. The molecule has 2 heterocycles. The normalized spacial score (nSPS) is 10.8. The highest BCUT2D eigenvalue weighted by Gasteiger charge is 2.15. The zero-order chi connectivity index (χ0) is 14.7. The van der Waals surface area contributed by atoms with Gasteiger partial charge in [-0.1, -0.05) is 6.92 Å². The maximum atomic E-state index is 12.3. The van der Waals surface area contributed by atoms with Gasteiger partial charge in [0.2, 0.25) is 0 Å². The number of nitrogens with one attached hydrogen (secondary N) is 1. The molecule has 1 amide bonds. The van der Waals surface area contributed by atoms with E-state index in [1.54, 1.807) is 23.0 Å². The predicted octanol–water partition coefficient (Wildman–Crippen LogP) is 2.38. The molecule has 0 aliphatic rings. The first kappa shape index (κ1) is 14.2. The number of rotatable bonds is 4. The topological polar surface area (TPSA) is 72.7 Å². The lowest BCUT2D eigenvalue weighted by Gasteiger charge is -2.11. The molecule has 2 aromatic heterocycles. The van der Waals surface area contributed by atoms with E-state index < -0.39 is 0 Å². The third kappa shape index (κ3) is 3.01. The van der Waals surface area contributed by atoms with Crippen molar-refractivity contribution in [1.29, 1.82) is 0 Å². The van der Waals surface area contributed by atoms with Crippen LogP contribution in [-0.2, 0) is 6.42 Å². The molecular formula is C14H19N5O. The number of carbonyl (C=O) groups is 1. The SMILES string of the molecule is CCc1cc(NC(=O)c2ccnn2C(C)C)nc(C)n1. The van der Waals surface area contributed by atoms with E-state index in [9.17, 15) is 4.79 Å². The van der Waals surface area contributed by atoms with Crippen LogP contribution in [0.15, 0.2) is 18.3 Å². The molecule has 2 rings (SSSR count). The number of hydrogen-bond donors (Lipinski definition) is 1. The number of amides is 1. The molecule has 106 valence electrons. The molecule has 1 N–H and O–H groups in total. The summed E-state index contributed by atoms with van der Waals surface area (Å²) < 4.78 is 1.68. The van der Waals surface area contributed by atoms with Gasteiger partial charge in [-0.15, -0.1) is 0 Å². The third-order valence-corrected chi connectivity index (χ3v) is 2.89. The van der Waals surface area contributed by atoms with E-state index in [0.29, 0.717) is 17.3 Å². The summed E-state index contributed by atoms with van der Waals surface area (Å²) >= 11 is 0. The molecule has 6 heteroatoms. The van der Waals surface area contributed by atoms with Gasteiger partial charge in [-0.25, -0.2) is 9.97 Å². The van der Waals surface area contributed by atoms with Gasteiger partial charge in [-0.3, -0.25) is 9.48 Å². The largest absolute Gasteiger partial charge is 0.305 e. The summed E-state index contributed by atoms with van der Waals surface area (Å²) in [5, 5.41) is 6.96. The van der Waals surface area contributed by atoms with E-state index in [-0.39, 0.29) is 11.9 Å². The molecule has 0 aliphatic heterocycles. The highest BCUT2D eigenvalue weighted by atomic mass is 16.2. The van der Waals surface area contributed by atoms with Crippen molar-refractivity contribution < 1.29 is 4.79 Å². The van der Waals surface area contributed by atoms with Crippen molar-refractivity contribution in [3.63, 3.8) is 0 Å². The molecule has 0 saturated carbocycles. The van der Waals surface area contributed by atoms with Crippen molar-refractivity contribution in [1.82, 2.24) is 19.7 Å². The molecule has 0 spiro atoms. The summed E-state index contributed by atoms with van der Waals surface area (Å²) in [7, 11) is 0. The number of hydrogen-bond acceptors (Lipinski definition) is 4. The number of nitrogens with zero attached hydrogens (tertiary/aromatic N) is 4. The van der Waals surface area contributed by atoms with Gasteiger partial charge >= 0.3 is 0 Å². The first-order valence-electron chi connectivity index (χ1n) is 6.70. The van der Waals surface area contributed by atoms with Gasteiger partial charge in [-0.05, 0) is 33.3 Å². The van der Waals surface area contributed by atoms with Crippen LogP contribution in [0, 0.1) is 6.92 Å². The van der Waals surface area contributed by atoms with Crippen LogP contribution in [0.4, 0.5) is 5.82 Å². The van der Waals surface area contributed by atoms with Gasteiger partial charge < -0.3 is 5.32 Å². The molecule has 20 heavy (non-hydrogen) atoms. The van der Waals surface area contributed by atoms with Crippen LogP contribution in [-0.4, -0.2) is 25.7 Å². The summed E-state index contributed by atoms with van der Waals surface area (Å²) in [6.07, 6.45) is 2.42. The average molecular weight is 273 g/mol. The van der Waals surface area contributed by atoms with Crippen molar-refractivity contribution in [3.05, 3.63) is 35.5 Å². The Morgan fingerprint density at radius 3 is 2.80 bits per heavy atom. The summed E-state index contributed by atoms with van der Waals surface area (Å²) in [5.41, 5.74) is 1.43. The van der Waals surface area contributed by atoms with Crippen LogP contribution in [0.1, 0.15) is 48.8 Å². The molecule has 6 nitrogen and oxygen atoms in total. The summed E-state index contributed by atoms with van der Waals surface area (Å²) in [6, 6.07) is 3.62. The van der Waals surface area contributed by atoms with Crippen LogP contribution in [0.25, 0.3) is 0 Å². The van der Waals surface area contributed by atoms with Crippen LogP contribution >= 0.6 is 0 Å². The Labute approximate surface area is 118 Å². The van der Waals surface area contributed by atoms with Gasteiger partial charge in [0.15, 0.2) is 0 Å². The van der Waals surface area contributed by atoms with Crippen molar-refractivity contribution in [2.75, 3.05) is 5.32 Å².